The van der Waals surface area contributed by atoms with E-state index in [4.69, 9.17) is 16.7 Å². The molecule has 1 aromatic heterocycles. The lowest BCUT2D eigenvalue weighted by molar-refractivity contribution is 0.399. The summed E-state index contributed by atoms with van der Waals surface area (Å²) < 4.78 is 0.745. The van der Waals surface area contributed by atoms with Gasteiger partial charge in [0.2, 0.25) is 0 Å². The SMILES string of the molecule is CO.Clc1cncs1. The summed E-state index contributed by atoms with van der Waals surface area (Å²) in [6, 6.07) is 0. The molecule has 0 unspecified atom stereocenters. The van der Waals surface area contributed by atoms with Crippen LogP contribution in [0.3, 0.4) is 0 Å². The zero-order valence-corrected chi connectivity index (χ0v) is 5.91. The molecule has 0 fully saturated rings. The lowest BCUT2D eigenvalue weighted by atomic mass is 11.0. The van der Waals surface area contributed by atoms with E-state index in [1.807, 2.05) is 0 Å². The van der Waals surface area contributed by atoms with Gasteiger partial charge < -0.3 is 5.11 Å². The van der Waals surface area contributed by atoms with E-state index in [1.54, 1.807) is 11.7 Å². The highest BCUT2D eigenvalue weighted by atomic mass is 35.5. The second kappa shape index (κ2) is 5.03. The fraction of sp³-hybridized carbons (Fsp3) is 0.250. The minimum Gasteiger partial charge on any atom is -0.400 e. The van der Waals surface area contributed by atoms with Gasteiger partial charge in [0.15, 0.2) is 0 Å². The molecule has 0 aromatic carbocycles. The van der Waals surface area contributed by atoms with Gasteiger partial charge in [0.1, 0.15) is 4.34 Å². The first-order chi connectivity index (χ1) is 3.89. The summed E-state index contributed by atoms with van der Waals surface area (Å²) in [5, 5.41) is 7.00. The molecule has 46 valence electrons. The topological polar surface area (TPSA) is 33.1 Å². The molecule has 0 radical (unpaired) electrons. The Morgan fingerprint density at radius 1 is 1.75 bits per heavy atom. The Labute approximate surface area is 56.8 Å². The summed E-state index contributed by atoms with van der Waals surface area (Å²) in [5.41, 5.74) is 1.70. The molecule has 0 aliphatic carbocycles. The van der Waals surface area contributed by atoms with E-state index in [-0.39, 0.29) is 0 Å². The fourth-order valence-corrected chi connectivity index (χ4v) is 0.720. The van der Waals surface area contributed by atoms with Crippen LogP contribution in [0.25, 0.3) is 0 Å². The van der Waals surface area contributed by atoms with Crippen LogP contribution >= 0.6 is 22.9 Å². The van der Waals surface area contributed by atoms with Gasteiger partial charge in [0.05, 0.1) is 11.7 Å². The molecule has 0 aliphatic heterocycles. The highest BCUT2D eigenvalue weighted by Gasteiger charge is 1.79. The smallest absolute Gasteiger partial charge is 0.113 e. The monoisotopic (exact) mass is 151 g/mol. The molecule has 0 amide bonds. The third-order valence-corrected chi connectivity index (χ3v) is 1.32. The highest BCUT2D eigenvalue weighted by molar-refractivity contribution is 7.13. The number of rotatable bonds is 0. The number of halogens is 1. The first kappa shape index (κ1) is 7.88. The van der Waals surface area contributed by atoms with Gasteiger partial charge in [-0.3, -0.25) is 4.98 Å². The summed E-state index contributed by atoms with van der Waals surface area (Å²) in [7, 11) is 1.00. The molecular formula is C4H6ClNOS. The van der Waals surface area contributed by atoms with Gasteiger partial charge in [-0.2, -0.15) is 0 Å². The molecule has 1 heterocycles. The molecule has 0 bridgehead atoms. The van der Waals surface area contributed by atoms with Crippen molar-refractivity contribution in [1.29, 1.82) is 0 Å². The fourth-order valence-electron chi connectivity index (χ4n) is 0.200. The molecule has 2 nitrogen and oxygen atoms in total. The summed E-state index contributed by atoms with van der Waals surface area (Å²) >= 11 is 6.84. The maximum atomic E-state index is 7.00. The van der Waals surface area contributed by atoms with Gasteiger partial charge in [-0.15, -0.1) is 11.3 Å². The predicted molar refractivity (Wildman–Crippen MR) is 35.3 cm³/mol. The highest BCUT2D eigenvalue weighted by Crippen LogP contribution is 2.10. The zero-order valence-electron chi connectivity index (χ0n) is 4.34. The Morgan fingerprint density at radius 3 is 2.50 bits per heavy atom. The molecule has 1 rings (SSSR count). The Kier molecular flexibility index (Phi) is 4.95. The predicted octanol–water partition coefficient (Wildman–Crippen LogP) is 1.41. The van der Waals surface area contributed by atoms with Gasteiger partial charge >= 0.3 is 0 Å². The summed E-state index contributed by atoms with van der Waals surface area (Å²) in [6.07, 6.45) is 1.62. The van der Waals surface area contributed by atoms with Crippen LogP contribution in [0.5, 0.6) is 0 Å². The third kappa shape index (κ3) is 2.96. The third-order valence-electron chi connectivity index (χ3n) is 0.402. The molecule has 0 spiro atoms. The van der Waals surface area contributed by atoms with Crippen molar-refractivity contribution in [2.75, 3.05) is 7.11 Å². The number of hydrogen-bond donors (Lipinski definition) is 1. The lowest BCUT2D eigenvalue weighted by Gasteiger charge is -1.59. The normalized spacial score (nSPS) is 7.38. The van der Waals surface area contributed by atoms with Gasteiger partial charge in [-0.1, -0.05) is 11.6 Å². The van der Waals surface area contributed by atoms with Crippen molar-refractivity contribution in [3.05, 3.63) is 16.0 Å². The van der Waals surface area contributed by atoms with Crippen molar-refractivity contribution in [2.24, 2.45) is 0 Å². The molecule has 0 saturated heterocycles. The number of nitrogens with zero attached hydrogens (tertiary/aromatic N) is 1. The lowest BCUT2D eigenvalue weighted by Crippen LogP contribution is -1.41. The Balaban J connectivity index is 0.000000222. The van der Waals surface area contributed by atoms with Crippen molar-refractivity contribution in [1.82, 2.24) is 4.98 Å². The van der Waals surface area contributed by atoms with E-state index in [1.165, 1.54) is 11.3 Å². The Morgan fingerprint density at radius 2 is 2.38 bits per heavy atom. The number of hydrogen-bond acceptors (Lipinski definition) is 3. The van der Waals surface area contributed by atoms with Crippen molar-refractivity contribution in [3.63, 3.8) is 0 Å². The van der Waals surface area contributed by atoms with E-state index in [0.717, 1.165) is 11.4 Å². The number of thiazole rings is 1. The van der Waals surface area contributed by atoms with Crippen LogP contribution < -0.4 is 0 Å². The van der Waals surface area contributed by atoms with Crippen LogP contribution in [0.4, 0.5) is 0 Å². The largest absolute Gasteiger partial charge is 0.400 e. The van der Waals surface area contributed by atoms with E-state index in [0.29, 0.717) is 0 Å². The molecular weight excluding hydrogens is 146 g/mol. The first-order valence-electron chi connectivity index (χ1n) is 1.88. The quantitative estimate of drug-likeness (QED) is 0.608. The molecule has 0 atom stereocenters. The molecule has 8 heavy (non-hydrogen) atoms. The van der Waals surface area contributed by atoms with Crippen molar-refractivity contribution < 1.29 is 5.11 Å². The number of aliphatic hydroxyl groups excluding tert-OH is 1. The second-order valence-electron chi connectivity index (χ2n) is 0.806. The van der Waals surface area contributed by atoms with Crippen LogP contribution in [0.2, 0.25) is 4.34 Å². The first-order valence-corrected chi connectivity index (χ1v) is 3.14. The maximum absolute atomic E-state index is 7.00. The van der Waals surface area contributed by atoms with Gasteiger partial charge in [0.25, 0.3) is 0 Å². The van der Waals surface area contributed by atoms with Crippen LogP contribution in [-0.2, 0) is 0 Å². The van der Waals surface area contributed by atoms with Gasteiger partial charge in [-0.25, -0.2) is 0 Å². The van der Waals surface area contributed by atoms with Crippen LogP contribution in [-0.4, -0.2) is 17.2 Å². The van der Waals surface area contributed by atoms with Gasteiger partial charge in [0, 0.05) is 7.11 Å². The Hall–Kier alpha value is -0.120. The summed E-state index contributed by atoms with van der Waals surface area (Å²) in [6.45, 7) is 0. The second-order valence-corrected chi connectivity index (χ2v) is 2.32. The average Bonchev–Trinajstić information content (AvgIpc) is 2.24. The van der Waals surface area contributed by atoms with Crippen LogP contribution in [0, 0.1) is 0 Å². The van der Waals surface area contributed by atoms with E-state index in [9.17, 15) is 0 Å². The van der Waals surface area contributed by atoms with Crippen LogP contribution in [0.15, 0.2) is 11.7 Å². The standard InChI is InChI=1S/C3H2ClNS.CH4O/c4-3-1-5-2-6-3;1-2/h1-2H;2H,1H3. The summed E-state index contributed by atoms with van der Waals surface area (Å²) in [5.74, 6) is 0. The summed E-state index contributed by atoms with van der Waals surface area (Å²) in [4.78, 5) is 3.71. The number of aromatic nitrogens is 1. The molecule has 1 aromatic rings. The minimum absolute atomic E-state index is 0.745. The van der Waals surface area contributed by atoms with Crippen molar-refractivity contribution in [3.8, 4) is 0 Å². The minimum atomic E-state index is 0.745. The van der Waals surface area contributed by atoms with Crippen molar-refractivity contribution >= 4 is 22.9 Å². The molecule has 4 heteroatoms. The maximum Gasteiger partial charge on any atom is 0.113 e. The van der Waals surface area contributed by atoms with Gasteiger partial charge in [-0.05, 0) is 0 Å². The average molecular weight is 152 g/mol. The molecule has 0 aliphatic rings. The van der Waals surface area contributed by atoms with E-state index < -0.39 is 0 Å². The van der Waals surface area contributed by atoms with E-state index >= 15 is 0 Å². The zero-order chi connectivity index (χ0) is 6.41. The molecule has 1 N–H and O–H groups in total. The molecule has 0 saturated carbocycles. The van der Waals surface area contributed by atoms with E-state index in [2.05, 4.69) is 4.98 Å². The van der Waals surface area contributed by atoms with Crippen LogP contribution in [0.1, 0.15) is 0 Å². The van der Waals surface area contributed by atoms with Crippen molar-refractivity contribution in [2.45, 2.75) is 0 Å². The number of aliphatic hydroxyl groups is 1. The Bertz CT molecular complexity index is 120.